The van der Waals surface area contributed by atoms with Crippen LogP contribution in [0.2, 0.25) is 0 Å². The van der Waals surface area contributed by atoms with Crippen LogP contribution in [0.15, 0.2) is 36.4 Å². The maximum Gasteiger partial charge on any atom is 0.338 e. The van der Waals surface area contributed by atoms with E-state index in [9.17, 15) is 18.4 Å². The van der Waals surface area contributed by atoms with Crippen molar-refractivity contribution in [2.24, 2.45) is 0 Å². The molecule has 0 aliphatic heterocycles. The molecule has 0 saturated heterocycles. The first kappa shape index (κ1) is 13.7. The van der Waals surface area contributed by atoms with Crippen molar-refractivity contribution in [2.75, 3.05) is 0 Å². The topological polar surface area (TPSA) is 74.6 Å². The number of hydrogen-bond donors (Lipinski definition) is 2. The Morgan fingerprint density at radius 1 is 0.850 bits per heavy atom. The molecule has 6 heteroatoms. The second-order valence-electron chi connectivity index (χ2n) is 3.99. The van der Waals surface area contributed by atoms with E-state index in [-0.39, 0.29) is 16.7 Å². The maximum atomic E-state index is 13.6. The number of carbonyl (C=O) groups is 2. The van der Waals surface area contributed by atoms with Crippen molar-refractivity contribution in [3.8, 4) is 11.1 Å². The minimum atomic E-state index is -1.42. The molecule has 0 atom stereocenters. The van der Waals surface area contributed by atoms with Gasteiger partial charge >= 0.3 is 11.9 Å². The summed E-state index contributed by atoms with van der Waals surface area (Å²) in [5.41, 5.74) is -0.583. The highest BCUT2D eigenvalue weighted by molar-refractivity contribution is 5.96. The van der Waals surface area contributed by atoms with Gasteiger partial charge in [-0.15, -0.1) is 0 Å². The first-order valence-electron chi connectivity index (χ1n) is 5.46. The van der Waals surface area contributed by atoms with E-state index in [2.05, 4.69) is 0 Å². The normalized spacial score (nSPS) is 10.3. The maximum absolute atomic E-state index is 13.6. The third-order valence-electron chi connectivity index (χ3n) is 2.72. The summed E-state index contributed by atoms with van der Waals surface area (Å²) in [5, 5.41) is 17.7. The lowest BCUT2D eigenvalue weighted by Crippen LogP contribution is -2.03. The quantitative estimate of drug-likeness (QED) is 0.905. The Balaban J connectivity index is 2.60. The third-order valence-corrected chi connectivity index (χ3v) is 2.72. The standard InChI is InChI=1S/C14H8F2O4/c15-8-2-4-9(11(6-8)14(19)20)7-1-3-10(13(17)18)12(16)5-7/h1-6H,(H,17,18)(H,19,20). The fourth-order valence-electron chi connectivity index (χ4n) is 1.80. The van der Waals surface area contributed by atoms with Gasteiger partial charge in [-0.1, -0.05) is 12.1 Å². The van der Waals surface area contributed by atoms with Crippen molar-refractivity contribution >= 4 is 11.9 Å². The van der Waals surface area contributed by atoms with E-state index in [1.54, 1.807) is 0 Å². The van der Waals surface area contributed by atoms with Crippen molar-refractivity contribution in [1.29, 1.82) is 0 Å². The molecule has 0 aliphatic carbocycles. The van der Waals surface area contributed by atoms with E-state index in [1.807, 2.05) is 0 Å². The predicted octanol–water partition coefficient (Wildman–Crippen LogP) is 3.03. The molecule has 0 saturated carbocycles. The number of aromatic carboxylic acids is 2. The molecule has 2 rings (SSSR count). The van der Waals surface area contributed by atoms with Crippen molar-refractivity contribution in [3.63, 3.8) is 0 Å². The zero-order valence-corrected chi connectivity index (χ0v) is 9.93. The van der Waals surface area contributed by atoms with Crippen LogP contribution in [0.3, 0.4) is 0 Å². The average Bonchev–Trinajstić information content (AvgIpc) is 2.37. The number of benzene rings is 2. The molecule has 2 N–H and O–H groups in total. The molecule has 0 unspecified atom stereocenters. The molecular formula is C14H8F2O4. The number of halogens is 2. The van der Waals surface area contributed by atoms with Crippen molar-refractivity contribution in [2.45, 2.75) is 0 Å². The van der Waals surface area contributed by atoms with Crippen LogP contribution in [0.4, 0.5) is 8.78 Å². The summed E-state index contributed by atoms with van der Waals surface area (Å²) in [5.74, 6) is -4.50. The van der Waals surface area contributed by atoms with Gasteiger partial charge in [-0.3, -0.25) is 0 Å². The van der Waals surface area contributed by atoms with Crippen LogP contribution in [0.25, 0.3) is 11.1 Å². The Bertz CT molecular complexity index is 710. The van der Waals surface area contributed by atoms with Gasteiger partial charge in [-0.2, -0.15) is 0 Å². The van der Waals surface area contributed by atoms with E-state index >= 15 is 0 Å². The van der Waals surface area contributed by atoms with E-state index in [4.69, 9.17) is 10.2 Å². The first-order chi connectivity index (χ1) is 9.40. The van der Waals surface area contributed by atoms with Gasteiger partial charge in [0.25, 0.3) is 0 Å². The molecule has 0 amide bonds. The number of hydrogen-bond acceptors (Lipinski definition) is 2. The molecule has 0 heterocycles. The largest absolute Gasteiger partial charge is 0.478 e. The molecule has 0 aliphatic rings. The lowest BCUT2D eigenvalue weighted by Gasteiger charge is -2.07. The molecule has 2 aromatic carbocycles. The van der Waals surface area contributed by atoms with E-state index in [0.29, 0.717) is 0 Å². The molecule has 2 aromatic rings. The van der Waals surface area contributed by atoms with Gasteiger partial charge in [0.15, 0.2) is 0 Å². The Morgan fingerprint density at radius 3 is 2.05 bits per heavy atom. The Labute approximate surface area is 111 Å². The lowest BCUT2D eigenvalue weighted by molar-refractivity contribution is 0.0683. The van der Waals surface area contributed by atoms with Crippen LogP contribution in [0.1, 0.15) is 20.7 Å². The van der Waals surface area contributed by atoms with Crippen molar-refractivity contribution < 1.29 is 28.6 Å². The fraction of sp³-hybridized carbons (Fsp3) is 0. The minimum absolute atomic E-state index is 0.106. The van der Waals surface area contributed by atoms with Crippen LogP contribution in [0, 0.1) is 11.6 Å². The highest BCUT2D eigenvalue weighted by Gasteiger charge is 2.16. The molecular weight excluding hydrogens is 270 g/mol. The fourth-order valence-corrected chi connectivity index (χ4v) is 1.80. The molecule has 102 valence electrons. The minimum Gasteiger partial charge on any atom is -0.478 e. The Hall–Kier alpha value is -2.76. The smallest absolute Gasteiger partial charge is 0.338 e. The van der Waals surface area contributed by atoms with Gasteiger partial charge in [0.2, 0.25) is 0 Å². The van der Waals surface area contributed by atoms with Gasteiger partial charge in [-0.25, -0.2) is 18.4 Å². The van der Waals surface area contributed by atoms with Gasteiger partial charge in [0, 0.05) is 0 Å². The summed E-state index contributed by atoms with van der Waals surface area (Å²) in [6.45, 7) is 0. The molecule has 0 bridgehead atoms. The zero-order valence-electron chi connectivity index (χ0n) is 9.93. The third kappa shape index (κ3) is 2.49. The van der Waals surface area contributed by atoms with Crippen LogP contribution in [0.5, 0.6) is 0 Å². The summed E-state index contributed by atoms with van der Waals surface area (Å²) < 4.78 is 26.7. The van der Waals surface area contributed by atoms with E-state index in [1.165, 1.54) is 12.1 Å². The molecule has 0 aromatic heterocycles. The monoisotopic (exact) mass is 278 g/mol. The summed E-state index contributed by atoms with van der Waals surface area (Å²) >= 11 is 0. The summed E-state index contributed by atoms with van der Waals surface area (Å²) in [4.78, 5) is 21.8. The molecule has 4 nitrogen and oxygen atoms in total. The highest BCUT2D eigenvalue weighted by Crippen LogP contribution is 2.26. The van der Waals surface area contributed by atoms with Gasteiger partial charge in [-0.05, 0) is 35.4 Å². The molecule has 0 radical (unpaired) electrons. The predicted molar refractivity (Wildman–Crippen MR) is 65.7 cm³/mol. The van der Waals surface area contributed by atoms with Gasteiger partial charge in [0.05, 0.1) is 11.1 Å². The molecule has 0 fully saturated rings. The van der Waals surface area contributed by atoms with Crippen molar-refractivity contribution in [1.82, 2.24) is 0 Å². The van der Waals surface area contributed by atoms with Crippen molar-refractivity contribution in [3.05, 3.63) is 59.2 Å². The number of rotatable bonds is 3. The van der Waals surface area contributed by atoms with Gasteiger partial charge < -0.3 is 10.2 Å². The second kappa shape index (κ2) is 5.08. The van der Waals surface area contributed by atoms with E-state index < -0.39 is 29.1 Å². The van der Waals surface area contributed by atoms with Crippen LogP contribution < -0.4 is 0 Å². The zero-order chi connectivity index (χ0) is 14.9. The van der Waals surface area contributed by atoms with Crippen LogP contribution in [-0.4, -0.2) is 22.2 Å². The summed E-state index contributed by atoms with van der Waals surface area (Å²) in [7, 11) is 0. The first-order valence-corrected chi connectivity index (χ1v) is 5.46. The SMILES string of the molecule is O=C(O)c1ccc(-c2ccc(F)cc2C(=O)O)cc1F. The second-order valence-corrected chi connectivity index (χ2v) is 3.99. The highest BCUT2D eigenvalue weighted by atomic mass is 19.1. The Morgan fingerprint density at radius 2 is 1.50 bits per heavy atom. The summed E-state index contributed by atoms with van der Waals surface area (Å²) in [6, 6.07) is 6.27. The summed E-state index contributed by atoms with van der Waals surface area (Å²) in [6.07, 6.45) is 0. The van der Waals surface area contributed by atoms with Crippen LogP contribution in [-0.2, 0) is 0 Å². The molecule has 0 spiro atoms. The number of carboxylic acid groups (broad SMARTS) is 2. The number of carboxylic acids is 2. The van der Waals surface area contributed by atoms with Gasteiger partial charge in [0.1, 0.15) is 11.6 Å². The Kier molecular flexibility index (Phi) is 3.47. The van der Waals surface area contributed by atoms with E-state index in [0.717, 1.165) is 24.3 Å². The average molecular weight is 278 g/mol. The van der Waals surface area contributed by atoms with Crippen LogP contribution >= 0.6 is 0 Å². The molecule has 20 heavy (non-hydrogen) atoms. The lowest BCUT2D eigenvalue weighted by atomic mass is 9.98.